The zero-order valence-corrected chi connectivity index (χ0v) is 6.25. The first-order valence-electron chi connectivity index (χ1n) is 3.36. The van der Waals surface area contributed by atoms with Crippen molar-refractivity contribution in [2.24, 2.45) is 5.73 Å². The van der Waals surface area contributed by atoms with Crippen molar-refractivity contribution >= 4 is 0 Å². The average molecular weight is 155 g/mol. The summed E-state index contributed by atoms with van der Waals surface area (Å²) in [5, 5.41) is 0. The Labute approximate surface area is 64.8 Å². The molecule has 0 saturated heterocycles. The molecular formula is C8H10FNO. The smallest absolute Gasteiger partial charge is 0.144 e. The number of rotatable bonds is 2. The summed E-state index contributed by atoms with van der Waals surface area (Å²) in [5.74, 6) is 0.142. The van der Waals surface area contributed by atoms with Gasteiger partial charge in [-0.05, 0) is 19.1 Å². The molecule has 0 aliphatic rings. The molecule has 0 heterocycles. The molecule has 0 aliphatic carbocycles. The van der Waals surface area contributed by atoms with Gasteiger partial charge in [0.05, 0.1) is 0 Å². The molecule has 0 amide bonds. The highest BCUT2D eigenvalue weighted by Crippen LogP contribution is 2.12. The Hall–Kier alpha value is -1.09. The molecular weight excluding hydrogens is 145 g/mol. The number of hydrogen-bond donors (Lipinski definition) is 1. The maximum atomic E-state index is 12.5. The van der Waals surface area contributed by atoms with Crippen LogP contribution in [0.25, 0.3) is 0 Å². The minimum Gasteiger partial charge on any atom is -0.476 e. The third-order valence-electron chi connectivity index (χ3n) is 1.12. The Morgan fingerprint density at radius 1 is 1.55 bits per heavy atom. The van der Waals surface area contributed by atoms with Gasteiger partial charge in [0, 0.05) is 6.07 Å². The lowest BCUT2D eigenvalue weighted by molar-refractivity contribution is 0.229. The lowest BCUT2D eigenvalue weighted by Crippen LogP contribution is -2.22. The zero-order valence-electron chi connectivity index (χ0n) is 6.25. The van der Waals surface area contributed by atoms with E-state index >= 15 is 0 Å². The van der Waals surface area contributed by atoms with E-state index in [0.29, 0.717) is 5.75 Å². The van der Waals surface area contributed by atoms with E-state index in [2.05, 4.69) is 0 Å². The van der Waals surface area contributed by atoms with Crippen LogP contribution in [0.5, 0.6) is 5.75 Å². The van der Waals surface area contributed by atoms with E-state index in [4.69, 9.17) is 10.5 Å². The average Bonchev–Trinajstić information content (AvgIpc) is 1.85. The second-order valence-corrected chi connectivity index (χ2v) is 2.28. The van der Waals surface area contributed by atoms with Gasteiger partial charge in [0.2, 0.25) is 0 Å². The fourth-order valence-corrected chi connectivity index (χ4v) is 0.755. The van der Waals surface area contributed by atoms with E-state index in [0.717, 1.165) is 0 Å². The maximum Gasteiger partial charge on any atom is 0.144 e. The molecule has 0 saturated carbocycles. The predicted molar refractivity (Wildman–Crippen MR) is 40.7 cm³/mol. The van der Waals surface area contributed by atoms with Gasteiger partial charge < -0.3 is 4.74 Å². The zero-order chi connectivity index (χ0) is 8.27. The first-order valence-corrected chi connectivity index (χ1v) is 3.36. The summed E-state index contributed by atoms with van der Waals surface area (Å²) in [5.41, 5.74) is 5.33. The Morgan fingerprint density at radius 3 is 2.82 bits per heavy atom. The van der Waals surface area contributed by atoms with Gasteiger partial charge in [-0.25, -0.2) is 4.39 Å². The van der Waals surface area contributed by atoms with Crippen LogP contribution in [0.15, 0.2) is 24.3 Å². The molecule has 2 nitrogen and oxygen atoms in total. The second-order valence-electron chi connectivity index (χ2n) is 2.28. The Morgan fingerprint density at radius 2 is 2.27 bits per heavy atom. The monoisotopic (exact) mass is 155 g/mol. The number of ether oxygens (including phenoxy) is 1. The summed E-state index contributed by atoms with van der Waals surface area (Å²) in [7, 11) is 0. The van der Waals surface area contributed by atoms with Gasteiger partial charge in [-0.15, -0.1) is 0 Å². The van der Waals surface area contributed by atoms with E-state index in [9.17, 15) is 4.39 Å². The van der Waals surface area contributed by atoms with Crippen LogP contribution >= 0.6 is 0 Å². The van der Waals surface area contributed by atoms with Crippen LogP contribution in [0.2, 0.25) is 0 Å². The van der Waals surface area contributed by atoms with Crippen molar-refractivity contribution in [3.63, 3.8) is 0 Å². The number of benzene rings is 1. The molecule has 11 heavy (non-hydrogen) atoms. The lowest BCUT2D eigenvalue weighted by atomic mass is 10.3. The van der Waals surface area contributed by atoms with Gasteiger partial charge >= 0.3 is 0 Å². The van der Waals surface area contributed by atoms with Crippen LogP contribution in [-0.2, 0) is 0 Å². The van der Waals surface area contributed by atoms with Crippen LogP contribution < -0.4 is 10.5 Å². The van der Waals surface area contributed by atoms with Crippen molar-refractivity contribution in [3.8, 4) is 5.75 Å². The van der Waals surface area contributed by atoms with E-state index in [1.165, 1.54) is 12.1 Å². The van der Waals surface area contributed by atoms with Crippen LogP contribution in [0.4, 0.5) is 4.39 Å². The quantitative estimate of drug-likeness (QED) is 0.657. The van der Waals surface area contributed by atoms with E-state index in [1.54, 1.807) is 19.1 Å². The topological polar surface area (TPSA) is 35.2 Å². The summed E-state index contributed by atoms with van der Waals surface area (Å²) in [6.07, 6.45) is -0.406. The Kier molecular flexibility index (Phi) is 2.44. The molecule has 3 heteroatoms. The second kappa shape index (κ2) is 3.34. The first-order chi connectivity index (χ1) is 5.18. The van der Waals surface area contributed by atoms with Gasteiger partial charge in [-0.3, -0.25) is 5.73 Å². The van der Waals surface area contributed by atoms with Crippen molar-refractivity contribution in [2.45, 2.75) is 13.2 Å². The van der Waals surface area contributed by atoms with Gasteiger partial charge in [-0.2, -0.15) is 0 Å². The molecule has 1 unspecified atom stereocenters. The van der Waals surface area contributed by atoms with Gasteiger partial charge in [-0.1, -0.05) is 6.07 Å². The van der Waals surface area contributed by atoms with E-state index < -0.39 is 6.23 Å². The lowest BCUT2D eigenvalue weighted by Gasteiger charge is -2.08. The van der Waals surface area contributed by atoms with Crippen LogP contribution in [0.1, 0.15) is 6.92 Å². The van der Waals surface area contributed by atoms with Crippen molar-refractivity contribution in [1.29, 1.82) is 0 Å². The largest absolute Gasteiger partial charge is 0.476 e. The van der Waals surface area contributed by atoms with Crippen molar-refractivity contribution in [1.82, 2.24) is 0 Å². The molecule has 1 atom stereocenters. The molecule has 2 N–H and O–H groups in total. The fraction of sp³-hybridized carbons (Fsp3) is 0.250. The molecule has 1 aromatic carbocycles. The van der Waals surface area contributed by atoms with Crippen LogP contribution in [0.3, 0.4) is 0 Å². The summed E-state index contributed by atoms with van der Waals surface area (Å²) in [6.45, 7) is 1.69. The first kappa shape index (κ1) is 8.01. The molecule has 60 valence electrons. The van der Waals surface area contributed by atoms with Crippen molar-refractivity contribution in [3.05, 3.63) is 30.1 Å². The highest BCUT2D eigenvalue weighted by molar-refractivity contribution is 5.22. The van der Waals surface area contributed by atoms with Gasteiger partial charge in [0.1, 0.15) is 17.8 Å². The van der Waals surface area contributed by atoms with E-state index in [1.807, 2.05) is 0 Å². The molecule has 0 aliphatic heterocycles. The third-order valence-corrected chi connectivity index (χ3v) is 1.12. The molecule has 1 aromatic rings. The molecule has 0 bridgehead atoms. The number of nitrogens with two attached hydrogens (primary N) is 1. The molecule has 0 aromatic heterocycles. The van der Waals surface area contributed by atoms with Crippen molar-refractivity contribution in [2.75, 3.05) is 0 Å². The highest BCUT2D eigenvalue weighted by Gasteiger charge is 1.97. The summed E-state index contributed by atoms with van der Waals surface area (Å²) < 4.78 is 17.5. The molecule has 1 rings (SSSR count). The standard InChI is InChI=1S/C8H10FNO/c1-6(10)11-8-4-2-3-7(9)5-8/h2-6H,10H2,1H3. The SMILES string of the molecule is CC(N)Oc1cccc(F)c1. The fourth-order valence-electron chi connectivity index (χ4n) is 0.755. The minimum absolute atomic E-state index is 0.317. The van der Waals surface area contributed by atoms with Gasteiger partial charge in [0.15, 0.2) is 0 Å². The third kappa shape index (κ3) is 2.55. The number of halogens is 1. The van der Waals surface area contributed by atoms with Crippen LogP contribution in [-0.4, -0.2) is 6.23 Å². The number of hydrogen-bond acceptors (Lipinski definition) is 2. The molecule has 0 fully saturated rings. The van der Waals surface area contributed by atoms with Gasteiger partial charge in [0.25, 0.3) is 0 Å². The summed E-state index contributed by atoms with van der Waals surface area (Å²) in [4.78, 5) is 0. The summed E-state index contributed by atoms with van der Waals surface area (Å²) >= 11 is 0. The Bertz CT molecular complexity index is 237. The predicted octanol–water partition coefficient (Wildman–Crippen LogP) is 1.51. The normalized spacial score (nSPS) is 12.6. The van der Waals surface area contributed by atoms with E-state index in [-0.39, 0.29) is 5.82 Å². The molecule has 0 spiro atoms. The van der Waals surface area contributed by atoms with Crippen LogP contribution in [0, 0.1) is 5.82 Å². The minimum atomic E-state index is -0.406. The van der Waals surface area contributed by atoms with Crippen molar-refractivity contribution < 1.29 is 9.13 Å². The molecule has 0 radical (unpaired) electrons. The maximum absolute atomic E-state index is 12.5. The highest BCUT2D eigenvalue weighted by atomic mass is 19.1. The summed E-state index contributed by atoms with van der Waals surface area (Å²) in [6, 6.07) is 5.89. The Balaban J connectivity index is 2.71.